The second kappa shape index (κ2) is 8.04. The molecule has 0 saturated heterocycles. The van der Waals surface area contributed by atoms with Gasteiger partial charge in [0.1, 0.15) is 0 Å². The van der Waals surface area contributed by atoms with E-state index < -0.39 is 0 Å². The molecule has 0 spiro atoms. The molecule has 0 saturated carbocycles. The first-order valence-electron chi connectivity index (χ1n) is 8.71. The van der Waals surface area contributed by atoms with Crippen molar-refractivity contribution in [2.45, 2.75) is 25.3 Å². The lowest BCUT2D eigenvalue weighted by Crippen LogP contribution is -2.37. The maximum atomic E-state index is 12.5. The molecule has 9 heteroatoms. The molecule has 2 amide bonds. The van der Waals surface area contributed by atoms with Crippen molar-refractivity contribution in [3.63, 3.8) is 0 Å². The Balaban J connectivity index is 1.44. The summed E-state index contributed by atoms with van der Waals surface area (Å²) >= 11 is 7.69. The lowest BCUT2D eigenvalue weighted by molar-refractivity contribution is 0.0814. The zero-order valence-corrected chi connectivity index (χ0v) is 16.3. The van der Waals surface area contributed by atoms with Crippen LogP contribution in [0, 0.1) is 0 Å². The number of anilines is 1. The lowest BCUT2D eigenvalue weighted by atomic mass is 9.92. The Hall–Kier alpha value is -2.84. The van der Waals surface area contributed by atoms with E-state index in [4.69, 9.17) is 11.8 Å². The summed E-state index contributed by atoms with van der Waals surface area (Å²) in [6.45, 7) is 0. The number of rotatable bonds is 4. The number of aromatic nitrogens is 3. The molecule has 3 heterocycles. The predicted molar refractivity (Wildman–Crippen MR) is 106 cm³/mol. The smallest absolute Gasteiger partial charge is 0.268 e. The van der Waals surface area contributed by atoms with E-state index in [0.717, 1.165) is 11.3 Å². The van der Waals surface area contributed by atoms with E-state index in [0.29, 0.717) is 29.7 Å². The van der Waals surface area contributed by atoms with Crippen molar-refractivity contribution in [1.29, 1.82) is 0 Å². The topological polar surface area (TPSA) is 88.1 Å². The van der Waals surface area contributed by atoms with Crippen molar-refractivity contribution < 1.29 is 9.59 Å². The van der Waals surface area contributed by atoms with Gasteiger partial charge in [-0.1, -0.05) is 6.07 Å². The molecule has 0 aliphatic heterocycles. The fourth-order valence-electron chi connectivity index (χ4n) is 3.10. The number of nitrogens with zero attached hydrogens (tertiary/aromatic N) is 4. The van der Waals surface area contributed by atoms with E-state index in [1.807, 2.05) is 11.4 Å². The summed E-state index contributed by atoms with van der Waals surface area (Å²) in [7, 11) is 0. The van der Waals surface area contributed by atoms with Gasteiger partial charge >= 0.3 is 0 Å². The number of hydrogen-bond donors (Lipinski definition) is 1. The molecule has 4 rings (SSSR count). The zero-order chi connectivity index (χ0) is 19.5. The Morgan fingerprint density at radius 3 is 2.82 bits per heavy atom. The molecule has 1 unspecified atom stereocenters. The molecule has 0 bridgehead atoms. The van der Waals surface area contributed by atoms with Crippen LogP contribution in [0.1, 0.15) is 37.7 Å². The third-order valence-corrected chi connectivity index (χ3v) is 5.83. The van der Waals surface area contributed by atoms with Gasteiger partial charge in [-0.15, -0.1) is 11.3 Å². The largest absolute Gasteiger partial charge is 0.290 e. The number of nitrogens with one attached hydrogen (secondary N) is 1. The van der Waals surface area contributed by atoms with Crippen LogP contribution in [0.2, 0.25) is 0 Å². The minimum absolute atomic E-state index is 0.148. The molecule has 1 atom stereocenters. The van der Waals surface area contributed by atoms with Gasteiger partial charge in [-0.3, -0.25) is 19.9 Å². The number of hydrogen-bond acceptors (Lipinski definition) is 6. The molecule has 28 heavy (non-hydrogen) atoms. The van der Waals surface area contributed by atoms with Crippen molar-refractivity contribution in [2.24, 2.45) is 0 Å². The van der Waals surface area contributed by atoms with Crippen LogP contribution in [0.25, 0.3) is 0 Å². The number of carbonyl (C=O) groups is 2. The summed E-state index contributed by atoms with van der Waals surface area (Å²) in [6, 6.07) is 6.70. The van der Waals surface area contributed by atoms with Crippen molar-refractivity contribution in [3.05, 3.63) is 69.9 Å². The molecular weight excluding hydrogens is 398 g/mol. The van der Waals surface area contributed by atoms with E-state index in [2.05, 4.69) is 20.3 Å². The summed E-state index contributed by atoms with van der Waals surface area (Å²) < 4.78 is 1.25. The van der Waals surface area contributed by atoms with Gasteiger partial charge in [-0.2, -0.15) is 0 Å². The normalized spacial score (nSPS) is 15.5. The summed E-state index contributed by atoms with van der Waals surface area (Å²) in [5.41, 5.74) is 2.30. The van der Waals surface area contributed by atoms with Gasteiger partial charge < -0.3 is 0 Å². The van der Waals surface area contributed by atoms with Gasteiger partial charge in [0.05, 0.1) is 10.9 Å². The van der Waals surface area contributed by atoms with Crippen LogP contribution in [0.5, 0.6) is 0 Å². The van der Waals surface area contributed by atoms with Crippen molar-refractivity contribution >= 4 is 40.9 Å². The molecule has 3 aromatic rings. The average molecular weight is 414 g/mol. The highest BCUT2D eigenvalue weighted by Gasteiger charge is 2.28. The van der Waals surface area contributed by atoms with Crippen molar-refractivity contribution in [2.75, 3.05) is 5.32 Å². The van der Waals surface area contributed by atoms with Gasteiger partial charge in [0.2, 0.25) is 5.95 Å². The first-order chi connectivity index (χ1) is 13.6. The second-order valence-electron chi connectivity index (χ2n) is 6.35. The molecule has 1 aliphatic rings. The molecule has 1 aliphatic carbocycles. The van der Waals surface area contributed by atoms with E-state index >= 15 is 0 Å². The van der Waals surface area contributed by atoms with Crippen LogP contribution >= 0.6 is 23.1 Å². The van der Waals surface area contributed by atoms with Gasteiger partial charge in [0.25, 0.3) is 11.8 Å². The third-order valence-electron chi connectivity index (χ3n) is 4.54. The number of carbonyl (C=O) groups excluding carboxylic acids is 2. The Morgan fingerprint density at radius 2 is 2.07 bits per heavy atom. The minimum Gasteiger partial charge on any atom is -0.290 e. The predicted octanol–water partition coefficient (Wildman–Crippen LogP) is 3.34. The first-order valence-corrected chi connectivity index (χ1v) is 9.92. The van der Waals surface area contributed by atoms with Crippen LogP contribution in [0.3, 0.4) is 0 Å². The van der Waals surface area contributed by atoms with E-state index in [-0.39, 0.29) is 23.8 Å². The number of halogens is 1. The maximum Gasteiger partial charge on any atom is 0.268 e. The summed E-state index contributed by atoms with van der Waals surface area (Å²) in [5, 5.41) is 4.56. The van der Waals surface area contributed by atoms with Crippen LogP contribution in [0.15, 0.2) is 48.2 Å². The van der Waals surface area contributed by atoms with Crippen LogP contribution in [-0.2, 0) is 12.8 Å². The fourth-order valence-corrected chi connectivity index (χ4v) is 3.98. The average Bonchev–Trinajstić information content (AvgIpc) is 3.28. The molecular formula is C19H16ClN5O2S. The Kier molecular flexibility index (Phi) is 5.31. The van der Waals surface area contributed by atoms with Crippen LogP contribution in [-0.4, -0.2) is 37.2 Å². The van der Waals surface area contributed by atoms with E-state index in [1.54, 1.807) is 36.8 Å². The SMILES string of the molecule is O=C(Nc1ncc2c(n1)CCC(N(Cl)C(=O)c1ccncc1)C2)c1cccs1. The lowest BCUT2D eigenvalue weighted by Gasteiger charge is -2.29. The minimum atomic E-state index is -0.252. The number of aryl methyl sites for hydroxylation is 1. The Labute approximate surface area is 170 Å². The monoisotopic (exact) mass is 413 g/mol. The second-order valence-corrected chi connectivity index (χ2v) is 7.66. The molecule has 1 N–H and O–H groups in total. The molecule has 0 fully saturated rings. The first kappa shape index (κ1) is 18.5. The number of pyridine rings is 1. The van der Waals surface area contributed by atoms with Gasteiger partial charge in [0, 0.05) is 41.6 Å². The van der Waals surface area contributed by atoms with Gasteiger partial charge in [-0.25, -0.2) is 14.4 Å². The van der Waals surface area contributed by atoms with Crippen molar-refractivity contribution in [1.82, 2.24) is 19.4 Å². The zero-order valence-electron chi connectivity index (χ0n) is 14.7. The highest BCUT2D eigenvalue weighted by atomic mass is 35.5. The van der Waals surface area contributed by atoms with Gasteiger partial charge in [0.15, 0.2) is 0 Å². The molecule has 0 radical (unpaired) electrons. The van der Waals surface area contributed by atoms with E-state index in [1.165, 1.54) is 15.8 Å². The molecule has 7 nitrogen and oxygen atoms in total. The summed E-state index contributed by atoms with van der Waals surface area (Å²) in [5.74, 6) is -0.192. The summed E-state index contributed by atoms with van der Waals surface area (Å²) in [6.07, 6.45) is 6.72. The Bertz CT molecular complexity index is 997. The van der Waals surface area contributed by atoms with Crippen LogP contribution in [0.4, 0.5) is 5.95 Å². The van der Waals surface area contributed by atoms with Crippen molar-refractivity contribution in [3.8, 4) is 0 Å². The quantitative estimate of drug-likeness (QED) is 0.663. The summed E-state index contributed by atoms with van der Waals surface area (Å²) in [4.78, 5) is 37.9. The van der Waals surface area contributed by atoms with Crippen LogP contribution < -0.4 is 5.32 Å². The third kappa shape index (κ3) is 3.88. The van der Waals surface area contributed by atoms with Gasteiger partial charge in [-0.05, 0) is 48.4 Å². The maximum absolute atomic E-state index is 12.5. The standard InChI is InChI=1S/C19H16ClN5O2S/c20-25(18(27)12-5-7-21-8-6-12)14-3-4-15-13(10-14)11-22-19(23-15)24-17(26)16-2-1-9-28-16/h1-2,5-9,11,14H,3-4,10H2,(H,22,23,24,26). The number of fused-ring (bicyclic) bond motifs is 1. The molecule has 3 aromatic heterocycles. The molecule has 142 valence electrons. The Morgan fingerprint density at radius 1 is 1.25 bits per heavy atom. The molecule has 0 aromatic carbocycles. The number of amides is 2. The number of thiophene rings is 1. The van der Waals surface area contributed by atoms with E-state index in [9.17, 15) is 9.59 Å². The fraction of sp³-hybridized carbons (Fsp3) is 0.211. The highest BCUT2D eigenvalue weighted by molar-refractivity contribution is 7.12. The highest BCUT2D eigenvalue weighted by Crippen LogP contribution is 2.26.